The molecule has 4 N–H and O–H groups in total. The molecule has 0 radical (unpaired) electrons. The van der Waals surface area contributed by atoms with Crippen molar-refractivity contribution >= 4 is 29.5 Å². The number of amides is 2. The Balaban J connectivity index is 2.72. The van der Waals surface area contributed by atoms with Crippen LogP contribution in [-0.4, -0.2) is 36.3 Å². The molecule has 2 unspecified atom stereocenters. The van der Waals surface area contributed by atoms with Crippen molar-refractivity contribution in [1.29, 1.82) is 0 Å². The fourth-order valence-electron chi connectivity index (χ4n) is 5.46. The lowest BCUT2D eigenvalue weighted by Crippen LogP contribution is -2.54. The monoisotopic (exact) mass is 557 g/mol. The molecule has 4 atom stereocenters. The molecule has 0 aliphatic carbocycles. The smallest absolute Gasteiger partial charge is 0.248 e. The van der Waals surface area contributed by atoms with E-state index in [1.54, 1.807) is 6.08 Å². The maximum absolute atomic E-state index is 14.3. The number of carbonyl (C=O) groups is 4. The first-order valence-corrected chi connectivity index (χ1v) is 14.3. The molecule has 1 aliphatic heterocycles. The predicted octanol–water partition coefficient (Wildman–Crippen LogP) is 4.51. The Morgan fingerprint density at radius 1 is 1.05 bits per heavy atom. The highest BCUT2D eigenvalue weighted by Crippen LogP contribution is 2.45. The zero-order valence-electron chi connectivity index (χ0n) is 24.6. The summed E-state index contributed by atoms with van der Waals surface area (Å²) in [4.78, 5) is 59.3. The van der Waals surface area contributed by atoms with E-state index in [4.69, 9.17) is 15.4 Å². The first-order chi connectivity index (χ1) is 19.0. The Hall–Kier alpha value is -2.88. The van der Waals surface area contributed by atoms with Crippen molar-refractivity contribution in [3.05, 3.63) is 42.0 Å². The van der Waals surface area contributed by atoms with Gasteiger partial charge in [-0.1, -0.05) is 70.2 Å². The van der Waals surface area contributed by atoms with Crippen LogP contribution in [-0.2, 0) is 28.8 Å². The molecule has 0 bridgehead atoms. The maximum Gasteiger partial charge on any atom is 0.248 e. The fraction of sp³-hybridized carbons (Fsp3) is 0.613. The van der Waals surface area contributed by atoms with Crippen LogP contribution in [0.5, 0.6) is 0 Å². The third-order valence-electron chi connectivity index (χ3n) is 7.22. The summed E-state index contributed by atoms with van der Waals surface area (Å²) >= 11 is 0. The summed E-state index contributed by atoms with van der Waals surface area (Å²) in [7, 11) is 0. The van der Waals surface area contributed by atoms with Gasteiger partial charge in [-0.3, -0.25) is 19.8 Å². The van der Waals surface area contributed by atoms with E-state index < -0.39 is 35.4 Å². The van der Waals surface area contributed by atoms with E-state index >= 15 is 0 Å². The average Bonchev–Trinajstić information content (AvgIpc) is 2.93. The van der Waals surface area contributed by atoms with E-state index in [9.17, 15) is 19.2 Å². The van der Waals surface area contributed by atoms with E-state index in [1.807, 2.05) is 64.1 Å². The Morgan fingerprint density at radius 2 is 1.75 bits per heavy atom. The summed E-state index contributed by atoms with van der Waals surface area (Å²) in [5.74, 6) is 1.97. The van der Waals surface area contributed by atoms with E-state index in [1.165, 1.54) is 6.92 Å². The van der Waals surface area contributed by atoms with Gasteiger partial charge in [0.15, 0.2) is 6.29 Å². The van der Waals surface area contributed by atoms with Crippen LogP contribution in [0, 0.1) is 29.1 Å². The SMILES string of the molecule is CC(=O)CCC(=O)C(/C=C/c1ccccc1)(CC(C)C)[C@@H](C(=O)NOC1CCCCO1)[C@@H](CC(C)C)C(=O)NN. The first kappa shape index (κ1) is 33.3. The molecule has 0 aromatic heterocycles. The van der Waals surface area contributed by atoms with Crippen LogP contribution >= 0.6 is 0 Å². The minimum atomic E-state index is -1.42. The maximum atomic E-state index is 14.3. The molecule has 1 saturated heterocycles. The van der Waals surface area contributed by atoms with Crippen molar-refractivity contribution in [2.24, 2.45) is 34.9 Å². The number of hydroxylamine groups is 1. The number of hydrazine groups is 1. The van der Waals surface area contributed by atoms with Crippen LogP contribution in [0.15, 0.2) is 36.4 Å². The molecule has 1 aliphatic rings. The van der Waals surface area contributed by atoms with Crippen LogP contribution in [0.1, 0.15) is 85.1 Å². The molecule has 1 aromatic carbocycles. The summed E-state index contributed by atoms with van der Waals surface area (Å²) in [6.07, 6.45) is 5.94. The molecule has 40 heavy (non-hydrogen) atoms. The number of allylic oxidation sites excluding steroid dienone is 1. The van der Waals surface area contributed by atoms with E-state index in [0.29, 0.717) is 19.4 Å². The number of hydrogen-bond donors (Lipinski definition) is 3. The van der Waals surface area contributed by atoms with Gasteiger partial charge in [0.05, 0.1) is 17.3 Å². The summed E-state index contributed by atoms with van der Waals surface area (Å²) in [6, 6.07) is 9.45. The second kappa shape index (κ2) is 16.4. The van der Waals surface area contributed by atoms with Gasteiger partial charge in [-0.15, -0.1) is 0 Å². The number of nitrogens with two attached hydrogens (primary N) is 1. The van der Waals surface area contributed by atoms with Crippen LogP contribution in [0.3, 0.4) is 0 Å². The minimum absolute atomic E-state index is 0.0161. The van der Waals surface area contributed by atoms with Gasteiger partial charge in [-0.2, -0.15) is 0 Å². The number of ether oxygens (including phenoxy) is 1. The molecule has 222 valence electrons. The van der Waals surface area contributed by atoms with Crippen molar-refractivity contribution in [2.75, 3.05) is 6.61 Å². The zero-order chi connectivity index (χ0) is 29.7. The van der Waals surface area contributed by atoms with Gasteiger partial charge in [-0.05, 0) is 50.0 Å². The number of Topliss-reactive ketones (excluding diaryl/α,β-unsaturated/α-hetero) is 2. The van der Waals surface area contributed by atoms with E-state index in [-0.39, 0.29) is 42.7 Å². The van der Waals surface area contributed by atoms with Gasteiger partial charge in [-0.25, -0.2) is 16.2 Å². The topological polar surface area (TPSA) is 137 Å². The van der Waals surface area contributed by atoms with Crippen LogP contribution < -0.4 is 16.7 Å². The summed E-state index contributed by atoms with van der Waals surface area (Å²) in [5.41, 5.74) is 4.18. The van der Waals surface area contributed by atoms with Gasteiger partial charge in [0.1, 0.15) is 11.6 Å². The molecular formula is C31H47N3O6. The largest absolute Gasteiger partial charge is 0.350 e. The Kier molecular flexibility index (Phi) is 13.7. The number of hydrogen-bond acceptors (Lipinski definition) is 7. The Morgan fingerprint density at radius 3 is 2.30 bits per heavy atom. The van der Waals surface area contributed by atoms with Crippen molar-refractivity contribution in [3.8, 4) is 0 Å². The van der Waals surface area contributed by atoms with Crippen molar-refractivity contribution in [2.45, 2.75) is 85.9 Å². The number of ketones is 2. The lowest BCUT2D eigenvalue weighted by Gasteiger charge is -2.41. The van der Waals surface area contributed by atoms with Gasteiger partial charge in [0.2, 0.25) is 11.8 Å². The standard InChI is InChI=1S/C31H47N3O6/c1-21(2)19-25(29(37)33-32)28(30(38)34-40-27-13-9-10-18-39-27)31(20-22(3)4,26(36)15-14-23(5)35)17-16-24-11-7-6-8-12-24/h6-8,11-12,16-17,21-22,25,27-28H,9-10,13-15,18-20,32H2,1-5H3,(H,33,37)(H,34,38)/b17-16+/t25-,27?,28-,31?/m1/s1. The van der Waals surface area contributed by atoms with Gasteiger partial charge in [0.25, 0.3) is 0 Å². The zero-order valence-corrected chi connectivity index (χ0v) is 24.6. The molecule has 0 spiro atoms. The molecule has 1 aromatic rings. The van der Waals surface area contributed by atoms with Crippen molar-refractivity contribution < 1.29 is 28.8 Å². The molecular weight excluding hydrogens is 510 g/mol. The molecule has 2 rings (SSSR count). The summed E-state index contributed by atoms with van der Waals surface area (Å²) < 4.78 is 5.62. The number of rotatable bonds is 16. The van der Waals surface area contributed by atoms with Crippen LogP contribution in [0.2, 0.25) is 0 Å². The summed E-state index contributed by atoms with van der Waals surface area (Å²) in [6.45, 7) is 9.77. The highest BCUT2D eigenvalue weighted by Gasteiger charge is 2.52. The second-order valence-electron chi connectivity index (χ2n) is 11.6. The normalized spacial score (nSPS) is 18.8. The quantitative estimate of drug-likeness (QED) is 0.154. The van der Waals surface area contributed by atoms with Crippen LogP contribution in [0.25, 0.3) is 6.08 Å². The number of carbonyl (C=O) groups excluding carboxylic acids is 4. The first-order valence-electron chi connectivity index (χ1n) is 14.3. The average molecular weight is 558 g/mol. The molecule has 1 heterocycles. The van der Waals surface area contributed by atoms with Gasteiger partial charge in [0, 0.05) is 25.9 Å². The highest BCUT2D eigenvalue weighted by molar-refractivity contribution is 5.98. The second-order valence-corrected chi connectivity index (χ2v) is 11.6. The Bertz CT molecular complexity index is 1000. The predicted molar refractivity (Wildman–Crippen MR) is 154 cm³/mol. The third-order valence-corrected chi connectivity index (χ3v) is 7.22. The molecule has 9 heteroatoms. The molecule has 1 fully saturated rings. The number of nitrogens with one attached hydrogen (secondary N) is 2. The summed E-state index contributed by atoms with van der Waals surface area (Å²) in [5, 5.41) is 0. The lowest BCUT2D eigenvalue weighted by molar-refractivity contribution is -0.204. The Labute approximate surface area is 238 Å². The van der Waals surface area contributed by atoms with Gasteiger partial charge >= 0.3 is 0 Å². The van der Waals surface area contributed by atoms with Crippen molar-refractivity contribution in [1.82, 2.24) is 10.9 Å². The molecule has 9 nitrogen and oxygen atoms in total. The minimum Gasteiger partial charge on any atom is -0.350 e. The highest BCUT2D eigenvalue weighted by atomic mass is 16.8. The van der Waals surface area contributed by atoms with Crippen molar-refractivity contribution in [3.63, 3.8) is 0 Å². The van der Waals surface area contributed by atoms with E-state index in [0.717, 1.165) is 18.4 Å². The lowest BCUT2D eigenvalue weighted by atomic mass is 9.60. The van der Waals surface area contributed by atoms with Crippen LogP contribution in [0.4, 0.5) is 0 Å². The van der Waals surface area contributed by atoms with Gasteiger partial charge < -0.3 is 9.53 Å². The fourth-order valence-corrected chi connectivity index (χ4v) is 5.46. The van der Waals surface area contributed by atoms with E-state index in [2.05, 4.69) is 10.9 Å². The molecule has 2 amide bonds. The number of benzene rings is 1. The third kappa shape index (κ3) is 9.94. The molecule has 0 saturated carbocycles.